The first-order valence-corrected chi connectivity index (χ1v) is 12.6. The summed E-state index contributed by atoms with van der Waals surface area (Å²) in [5.74, 6) is -0.465. The number of carbonyl (C=O) groups is 3. The summed E-state index contributed by atoms with van der Waals surface area (Å²) in [4.78, 5) is 40.0. The molecule has 0 atom stereocenters. The van der Waals surface area contributed by atoms with Crippen LogP contribution < -0.4 is 15.5 Å². The lowest BCUT2D eigenvalue weighted by atomic mass is 10.2. The van der Waals surface area contributed by atoms with E-state index < -0.39 is 10.0 Å². The molecule has 0 radical (unpaired) electrons. The van der Waals surface area contributed by atoms with E-state index >= 15 is 0 Å². The van der Waals surface area contributed by atoms with Crippen molar-refractivity contribution in [2.45, 2.75) is 17.7 Å². The highest BCUT2D eigenvalue weighted by molar-refractivity contribution is 7.89. The molecule has 0 aromatic heterocycles. The molecule has 2 aliphatic rings. The summed E-state index contributed by atoms with van der Waals surface area (Å²) in [5, 5.41) is 5.49. The second kappa shape index (κ2) is 10.2. The van der Waals surface area contributed by atoms with Gasteiger partial charge in [0.15, 0.2) is 0 Å². The molecule has 34 heavy (non-hydrogen) atoms. The van der Waals surface area contributed by atoms with Gasteiger partial charge in [0.05, 0.1) is 4.90 Å². The van der Waals surface area contributed by atoms with Gasteiger partial charge >= 0.3 is 6.03 Å². The molecule has 4 rings (SSSR count). The lowest BCUT2D eigenvalue weighted by molar-refractivity contribution is -0.133. The predicted octanol–water partition coefficient (Wildman–Crippen LogP) is 1.47. The van der Waals surface area contributed by atoms with Crippen molar-refractivity contribution in [1.29, 1.82) is 0 Å². The van der Waals surface area contributed by atoms with E-state index in [4.69, 9.17) is 0 Å². The topological polar surface area (TPSA) is 119 Å². The van der Waals surface area contributed by atoms with Crippen molar-refractivity contribution in [2.24, 2.45) is 0 Å². The Labute approximate surface area is 198 Å². The molecular formula is C23H27N5O5S. The number of rotatable bonds is 7. The SMILES string of the molecule is O=C(CCC(=O)N1CCN(S(=O)(=O)c2ccccc2)CC1)Nc1ccc(N2CCNC2=O)cc1. The maximum absolute atomic E-state index is 12.7. The van der Waals surface area contributed by atoms with Crippen molar-refractivity contribution >= 4 is 39.2 Å². The number of piperazine rings is 1. The minimum atomic E-state index is -3.58. The Morgan fingerprint density at radius 1 is 0.882 bits per heavy atom. The minimum Gasteiger partial charge on any atom is -0.340 e. The molecular weight excluding hydrogens is 458 g/mol. The van der Waals surface area contributed by atoms with Gasteiger partial charge in [-0.15, -0.1) is 0 Å². The molecule has 2 heterocycles. The number of hydrogen-bond donors (Lipinski definition) is 2. The van der Waals surface area contributed by atoms with Gasteiger partial charge in [-0.1, -0.05) is 18.2 Å². The van der Waals surface area contributed by atoms with Crippen LogP contribution in [0.2, 0.25) is 0 Å². The first kappa shape index (κ1) is 23.7. The molecule has 2 aromatic rings. The fraction of sp³-hybridized carbons (Fsp3) is 0.348. The average molecular weight is 486 g/mol. The van der Waals surface area contributed by atoms with E-state index in [-0.39, 0.29) is 61.8 Å². The Bertz CT molecular complexity index is 1150. The van der Waals surface area contributed by atoms with E-state index in [0.717, 1.165) is 5.69 Å². The molecule has 2 aromatic carbocycles. The molecule has 2 N–H and O–H groups in total. The number of hydrogen-bond acceptors (Lipinski definition) is 5. The van der Waals surface area contributed by atoms with Crippen LogP contribution in [0.5, 0.6) is 0 Å². The van der Waals surface area contributed by atoms with Crippen LogP contribution in [0.1, 0.15) is 12.8 Å². The zero-order chi connectivity index (χ0) is 24.1. The number of anilines is 2. The van der Waals surface area contributed by atoms with Crippen LogP contribution in [0.3, 0.4) is 0 Å². The molecule has 4 amide bonds. The molecule has 0 spiro atoms. The molecule has 0 bridgehead atoms. The summed E-state index contributed by atoms with van der Waals surface area (Å²) in [6, 6.07) is 15.0. The van der Waals surface area contributed by atoms with Crippen molar-refractivity contribution < 1.29 is 22.8 Å². The maximum atomic E-state index is 12.7. The molecule has 0 saturated carbocycles. The van der Waals surface area contributed by atoms with Gasteiger partial charge in [0.2, 0.25) is 21.8 Å². The Morgan fingerprint density at radius 2 is 1.56 bits per heavy atom. The summed E-state index contributed by atoms with van der Waals surface area (Å²) in [6.07, 6.45) is 0.0704. The molecule has 10 nitrogen and oxygen atoms in total. The van der Waals surface area contributed by atoms with Crippen LogP contribution >= 0.6 is 0 Å². The van der Waals surface area contributed by atoms with Crippen molar-refractivity contribution in [2.75, 3.05) is 49.5 Å². The van der Waals surface area contributed by atoms with Crippen LogP contribution in [0.15, 0.2) is 59.5 Å². The van der Waals surface area contributed by atoms with Gasteiger partial charge in [-0.25, -0.2) is 13.2 Å². The smallest absolute Gasteiger partial charge is 0.321 e. The summed E-state index contributed by atoms with van der Waals surface area (Å²) in [5.41, 5.74) is 1.33. The number of sulfonamides is 1. The lowest BCUT2D eigenvalue weighted by Crippen LogP contribution is -2.50. The van der Waals surface area contributed by atoms with Gasteiger partial charge in [-0.2, -0.15) is 4.31 Å². The number of benzene rings is 2. The lowest BCUT2D eigenvalue weighted by Gasteiger charge is -2.34. The number of carbonyl (C=O) groups excluding carboxylic acids is 3. The molecule has 2 aliphatic heterocycles. The molecule has 11 heteroatoms. The van der Waals surface area contributed by atoms with E-state index in [9.17, 15) is 22.8 Å². The first-order valence-electron chi connectivity index (χ1n) is 11.1. The Kier molecular flexibility index (Phi) is 7.13. The summed E-state index contributed by atoms with van der Waals surface area (Å²) < 4.78 is 26.8. The predicted molar refractivity (Wildman–Crippen MR) is 127 cm³/mol. The summed E-state index contributed by atoms with van der Waals surface area (Å²) in [6.45, 7) is 2.21. The van der Waals surface area contributed by atoms with E-state index in [1.54, 1.807) is 64.4 Å². The number of amides is 4. The third-order valence-corrected chi connectivity index (χ3v) is 7.77. The van der Waals surface area contributed by atoms with Crippen LogP contribution in [-0.2, 0) is 19.6 Å². The quantitative estimate of drug-likeness (QED) is 0.616. The van der Waals surface area contributed by atoms with Crippen molar-refractivity contribution in [3.63, 3.8) is 0 Å². The van der Waals surface area contributed by atoms with Crippen LogP contribution in [0.4, 0.5) is 16.2 Å². The van der Waals surface area contributed by atoms with E-state index in [2.05, 4.69) is 10.6 Å². The second-order valence-electron chi connectivity index (χ2n) is 8.08. The van der Waals surface area contributed by atoms with Crippen molar-refractivity contribution in [1.82, 2.24) is 14.5 Å². The largest absolute Gasteiger partial charge is 0.340 e. The molecule has 0 unspecified atom stereocenters. The highest BCUT2D eigenvalue weighted by atomic mass is 32.2. The van der Waals surface area contributed by atoms with Gasteiger partial charge in [-0.3, -0.25) is 14.5 Å². The van der Waals surface area contributed by atoms with Gasteiger partial charge in [0, 0.05) is 63.5 Å². The van der Waals surface area contributed by atoms with Crippen LogP contribution in [-0.4, -0.2) is 74.7 Å². The van der Waals surface area contributed by atoms with E-state index in [0.29, 0.717) is 18.8 Å². The Balaban J connectivity index is 1.22. The number of nitrogens with zero attached hydrogens (tertiary/aromatic N) is 3. The molecule has 180 valence electrons. The molecule has 0 aliphatic carbocycles. The van der Waals surface area contributed by atoms with Gasteiger partial charge in [0.1, 0.15) is 0 Å². The highest BCUT2D eigenvalue weighted by Crippen LogP contribution is 2.20. The Hall–Kier alpha value is -3.44. The van der Waals surface area contributed by atoms with Crippen molar-refractivity contribution in [3.05, 3.63) is 54.6 Å². The van der Waals surface area contributed by atoms with E-state index in [1.807, 2.05) is 0 Å². The standard InChI is InChI=1S/C23H27N5O5S/c29-21(25-18-6-8-19(9-7-18)28-13-12-24-23(28)31)10-11-22(30)26-14-16-27(17-15-26)34(32,33)20-4-2-1-3-5-20/h1-9H,10-17H2,(H,24,31)(H,25,29). The zero-order valence-electron chi connectivity index (χ0n) is 18.6. The molecule has 2 saturated heterocycles. The van der Waals surface area contributed by atoms with Crippen LogP contribution in [0, 0.1) is 0 Å². The fourth-order valence-electron chi connectivity index (χ4n) is 3.96. The molecule has 2 fully saturated rings. The normalized spacial score (nSPS) is 16.9. The number of urea groups is 1. The minimum absolute atomic E-state index is 0.0254. The van der Waals surface area contributed by atoms with Gasteiger partial charge < -0.3 is 15.5 Å². The fourth-order valence-corrected chi connectivity index (χ4v) is 5.41. The van der Waals surface area contributed by atoms with E-state index in [1.165, 1.54) is 4.31 Å². The second-order valence-corrected chi connectivity index (χ2v) is 10.0. The summed E-state index contributed by atoms with van der Waals surface area (Å²) >= 11 is 0. The Morgan fingerprint density at radius 3 is 2.18 bits per heavy atom. The van der Waals surface area contributed by atoms with Crippen molar-refractivity contribution in [3.8, 4) is 0 Å². The first-order chi connectivity index (χ1) is 16.3. The highest BCUT2D eigenvalue weighted by Gasteiger charge is 2.30. The van der Waals surface area contributed by atoms with Gasteiger partial charge in [-0.05, 0) is 36.4 Å². The summed E-state index contributed by atoms with van der Waals surface area (Å²) in [7, 11) is -3.58. The van der Waals surface area contributed by atoms with Gasteiger partial charge in [0.25, 0.3) is 0 Å². The van der Waals surface area contributed by atoms with Crippen LogP contribution in [0.25, 0.3) is 0 Å². The zero-order valence-corrected chi connectivity index (χ0v) is 19.5. The monoisotopic (exact) mass is 485 g/mol. The maximum Gasteiger partial charge on any atom is 0.321 e. The number of nitrogens with one attached hydrogen (secondary N) is 2. The average Bonchev–Trinajstić information content (AvgIpc) is 3.29. The third-order valence-electron chi connectivity index (χ3n) is 5.86. The third kappa shape index (κ3) is 5.37.